The maximum absolute atomic E-state index is 9.93. The van der Waals surface area contributed by atoms with E-state index in [1.807, 2.05) is 54.6 Å². The maximum atomic E-state index is 9.93. The molecule has 0 unspecified atom stereocenters. The van der Waals surface area contributed by atoms with Crippen molar-refractivity contribution in [3.05, 3.63) is 96.2 Å². The van der Waals surface area contributed by atoms with E-state index in [0.29, 0.717) is 5.52 Å². The first kappa shape index (κ1) is 15.2. The van der Waals surface area contributed by atoms with Gasteiger partial charge in [0.15, 0.2) is 0 Å². The van der Waals surface area contributed by atoms with Crippen LogP contribution in [0.1, 0.15) is 11.3 Å². The van der Waals surface area contributed by atoms with Crippen LogP contribution >= 0.6 is 0 Å². The molecule has 0 fully saturated rings. The predicted molar refractivity (Wildman–Crippen MR) is 104 cm³/mol. The number of hydrogen-bond acceptors (Lipinski definition) is 2. The third kappa shape index (κ3) is 3.29. The standard InChI is InChI=1S/C23H17NO/c25-22-8-4-7-20-14-16-21(24-23(20)22)15-11-17-9-12-19(13-10-17)18-5-2-1-3-6-18/h1-16,25H. The van der Waals surface area contributed by atoms with Gasteiger partial charge in [-0.1, -0.05) is 78.9 Å². The molecule has 3 aromatic carbocycles. The van der Waals surface area contributed by atoms with Crippen LogP contribution in [0.4, 0.5) is 0 Å². The monoisotopic (exact) mass is 323 g/mol. The van der Waals surface area contributed by atoms with Crippen molar-refractivity contribution >= 4 is 23.1 Å². The van der Waals surface area contributed by atoms with E-state index < -0.39 is 0 Å². The number of pyridine rings is 1. The van der Waals surface area contributed by atoms with Crippen molar-refractivity contribution < 1.29 is 5.11 Å². The quantitative estimate of drug-likeness (QED) is 0.518. The summed E-state index contributed by atoms with van der Waals surface area (Å²) in [5, 5.41) is 10.9. The summed E-state index contributed by atoms with van der Waals surface area (Å²) in [6.45, 7) is 0. The maximum Gasteiger partial charge on any atom is 0.141 e. The van der Waals surface area contributed by atoms with Gasteiger partial charge in [0.05, 0.1) is 5.69 Å². The molecule has 25 heavy (non-hydrogen) atoms. The summed E-state index contributed by atoms with van der Waals surface area (Å²) in [6.07, 6.45) is 3.99. The van der Waals surface area contributed by atoms with Gasteiger partial charge in [0.2, 0.25) is 0 Å². The first-order chi connectivity index (χ1) is 12.3. The van der Waals surface area contributed by atoms with Gasteiger partial charge in [0.1, 0.15) is 11.3 Å². The number of fused-ring (bicyclic) bond motifs is 1. The van der Waals surface area contributed by atoms with E-state index in [1.165, 1.54) is 11.1 Å². The zero-order valence-electron chi connectivity index (χ0n) is 13.6. The van der Waals surface area contributed by atoms with Gasteiger partial charge in [0.25, 0.3) is 0 Å². The van der Waals surface area contributed by atoms with Crippen molar-refractivity contribution in [2.45, 2.75) is 0 Å². The lowest BCUT2D eigenvalue weighted by Crippen LogP contribution is -1.84. The number of aromatic nitrogens is 1. The minimum atomic E-state index is 0.208. The number of nitrogens with zero attached hydrogens (tertiary/aromatic N) is 1. The van der Waals surface area contributed by atoms with Gasteiger partial charge in [-0.2, -0.15) is 0 Å². The van der Waals surface area contributed by atoms with Gasteiger partial charge < -0.3 is 5.11 Å². The first-order valence-corrected chi connectivity index (χ1v) is 8.22. The van der Waals surface area contributed by atoms with E-state index in [9.17, 15) is 5.11 Å². The van der Waals surface area contributed by atoms with Crippen molar-refractivity contribution in [3.8, 4) is 16.9 Å². The zero-order valence-corrected chi connectivity index (χ0v) is 13.6. The van der Waals surface area contributed by atoms with Crippen LogP contribution in [0, 0.1) is 0 Å². The molecular formula is C23H17NO. The van der Waals surface area contributed by atoms with Crippen LogP contribution in [0.25, 0.3) is 34.2 Å². The van der Waals surface area contributed by atoms with Crippen molar-refractivity contribution in [1.82, 2.24) is 4.98 Å². The highest BCUT2D eigenvalue weighted by molar-refractivity contribution is 5.85. The summed E-state index contributed by atoms with van der Waals surface area (Å²) in [5.74, 6) is 0.208. The fourth-order valence-corrected chi connectivity index (χ4v) is 2.84. The number of aromatic hydroxyl groups is 1. The Morgan fingerprint density at radius 1 is 0.640 bits per heavy atom. The molecule has 0 saturated heterocycles. The Hall–Kier alpha value is -3.39. The molecule has 1 N–H and O–H groups in total. The summed E-state index contributed by atoms with van der Waals surface area (Å²) in [7, 11) is 0. The molecule has 4 rings (SSSR count). The van der Waals surface area contributed by atoms with Crippen molar-refractivity contribution in [3.63, 3.8) is 0 Å². The number of hydrogen-bond donors (Lipinski definition) is 1. The van der Waals surface area contributed by atoms with Crippen LogP contribution in [-0.4, -0.2) is 10.1 Å². The summed E-state index contributed by atoms with van der Waals surface area (Å²) < 4.78 is 0. The molecule has 0 atom stereocenters. The summed E-state index contributed by atoms with van der Waals surface area (Å²) in [5.41, 5.74) is 4.97. The van der Waals surface area contributed by atoms with Gasteiger partial charge in [-0.3, -0.25) is 0 Å². The van der Waals surface area contributed by atoms with Gasteiger partial charge in [-0.05, 0) is 34.9 Å². The molecule has 0 amide bonds. The number of rotatable bonds is 3. The van der Waals surface area contributed by atoms with Crippen molar-refractivity contribution in [1.29, 1.82) is 0 Å². The molecule has 0 bridgehead atoms. The summed E-state index contributed by atoms with van der Waals surface area (Å²) in [4.78, 5) is 4.52. The number of benzene rings is 3. The topological polar surface area (TPSA) is 33.1 Å². The number of phenolic OH excluding ortho intramolecular Hbond substituents is 1. The highest BCUT2D eigenvalue weighted by Crippen LogP contribution is 2.23. The second kappa shape index (κ2) is 6.62. The summed E-state index contributed by atoms with van der Waals surface area (Å²) in [6, 6.07) is 28.1. The van der Waals surface area contributed by atoms with Crippen LogP contribution in [0.2, 0.25) is 0 Å². The average molecular weight is 323 g/mol. The zero-order chi connectivity index (χ0) is 17.1. The molecular weight excluding hydrogens is 306 g/mol. The fourth-order valence-electron chi connectivity index (χ4n) is 2.84. The Labute approximate surface area is 146 Å². The first-order valence-electron chi connectivity index (χ1n) is 8.22. The second-order valence-electron chi connectivity index (χ2n) is 5.91. The molecule has 2 heteroatoms. The molecule has 2 nitrogen and oxygen atoms in total. The molecule has 1 heterocycles. The predicted octanol–water partition coefficient (Wildman–Crippen LogP) is 5.78. The van der Waals surface area contributed by atoms with E-state index in [2.05, 4.69) is 41.4 Å². The average Bonchev–Trinajstić information content (AvgIpc) is 2.68. The van der Waals surface area contributed by atoms with E-state index in [0.717, 1.165) is 16.6 Å². The van der Waals surface area contributed by atoms with Gasteiger partial charge in [-0.25, -0.2) is 4.98 Å². The lowest BCUT2D eigenvalue weighted by Gasteiger charge is -2.03. The molecule has 120 valence electrons. The van der Waals surface area contributed by atoms with Crippen LogP contribution < -0.4 is 0 Å². The molecule has 1 aromatic heterocycles. The van der Waals surface area contributed by atoms with Gasteiger partial charge in [0, 0.05) is 5.39 Å². The van der Waals surface area contributed by atoms with Crippen LogP contribution in [-0.2, 0) is 0 Å². The SMILES string of the molecule is Oc1cccc2ccc(C=Cc3ccc(-c4ccccc4)cc3)nc12. The highest BCUT2D eigenvalue weighted by atomic mass is 16.3. The Morgan fingerprint density at radius 2 is 1.40 bits per heavy atom. The molecule has 0 aliphatic carbocycles. The molecule has 0 aliphatic heterocycles. The van der Waals surface area contributed by atoms with E-state index in [1.54, 1.807) is 6.07 Å². The molecule has 0 radical (unpaired) electrons. The van der Waals surface area contributed by atoms with E-state index in [4.69, 9.17) is 0 Å². The highest BCUT2D eigenvalue weighted by Gasteiger charge is 2.01. The van der Waals surface area contributed by atoms with Crippen molar-refractivity contribution in [2.75, 3.05) is 0 Å². The molecule has 0 aliphatic rings. The Bertz CT molecular complexity index is 1030. The number of para-hydroxylation sites is 1. The van der Waals surface area contributed by atoms with E-state index in [-0.39, 0.29) is 5.75 Å². The third-order valence-corrected chi connectivity index (χ3v) is 4.18. The molecule has 0 saturated carbocycles. The summed E-state index contributed by atoms with van der Waals surface area (Å²) >= 11 is 0. The van der Waals surface area contributed by atoms with Crippen LogP contribution in [0.15, 0.2) is 84.9 Å². The minimum Gasteiger partial charge on any atom is -0.506 e. The number of phenols is 1. The van der Waals surface area contributed by atoms with Gasteiger partial charge >= 0.3 is 0 Å². The fraction of sp³-hybridized carbons (Fsp3) is 0. The van der Waals surface area contributed by atoms with Crippen LogP contribution in [0.3, 0.4) is 0 Å². The normalized spacial score (nSPS) is 11.2. The Balaban J connectivity index is 1.58. The smallest absolute Gasteiger partial charge is 0.141 e. The largest absolute Gasteiger partial charge is 0.506 e. The second-order valence-corrected chi connectivity index (χ2v) is 5.91. The Morgan fingerprint density at radius 3 is 2.20 bits per heavy atom. The lowest BCUT2D eigenvalue weighted by molar-refractivity contribution is 0.480. The van der Waals surface area contributed by atoms with Crippen LogP contribution in [0.5, 0.6) is 5.75 Å². The van der Waals surface area contributed by atoms with E-state index >= 15 is 0 Å². The van der Waals surface area contributed by atoms with Crippen molar-refractivity contribution in [2.24, 2.45) is 0 Å². The Kier molecular flexibility index (Phi) is 4.01. The molecule has 0 spiro atoms. The minimum absolute atomic E-state index is 0.208. The third-order valence-electron chi connectivity index (χ3n) is 4.18. The lowest BCUT2D eigenvalue weighted by atomic mass is 10.0. The van der Waals surface area contributed by atoms with Gasteiger partial charge in [-0.15, -0.1) is 0 Å². The molecule has 4 aromatic rings.